The number of hydrogen-bond acceptors (Lipinski definition) is 3. The van der Waals surface area contributed by atoms with Crippen molar-refractivity contribution >= 4 is 0 Å². The normalized spacial score (nSPS) is 31.1. The molecule has 1 aliphatic carbocycles. The van der Waals surface area contributed by atoms with Crippen LogP contribution in [0.4, 0.5) is 0 Å². The van der Waals surface area contributed by atoms with Gasteiger partial charge in [-0.15, -0.1) is 0 Å². The maximum Gasteiger partial charge on any atom is 0.0736 e. The molecule has 3 heteroatoms. The van der Waals surface area contributed by atoms with Gasteiger partial charge in [-0.05, 0) is 32.1 Å². The molecule has 3 unspecified atom stereocenters. The van der Waals surface area contributed by atoms with E-state index in [9.17, 15) is 0 Å². The Hall–Kier alpha value is -0.590. The Morgan fingerprint density at radius 3 is 2.80 bits per heavy atom. The molecule has 0 aromatic heterocycles. The van der Waals surface area contributed by atoms with Gasteiger partial charge >= 0.3 is 0 Å². The standard InChI is InChI=1S/C12H21NO2/c1-3-14-6-7-15-12-8-10(2)4-5-11(12)9-13/h10-12H,3-8H2,1-2H3. The van der Waals surface area contributed by atoms with Gasteiger partial charge in [-0.3, -0.25) is 0 Å². The minimum absolute atomic E-state index is 0.0860. The smallest absolute Gasteiger partial charge is 0.0736 e. The fourth-order valence-corrected chi connectivity index (χ4v) is 2.06. The molecule has 0 spiro atoms. The number of hydrogen-bond donors (Lipinski definition) is 0. The van der Waals surface area contributed by atoms with E-state index in [2.05, 4.69) is 13.0 Å². The van der Waals surface area contributed by atoms with E-state index >= 15 is 0 Å². The molecule has 1 fully saturated rings. The van der Waals surface area contributed by atoms with Crippen LogP contribution in [-0.2, 0) is 9.47 Å². The van der Waals surface area contributed by atoms with Crippen LogP contribution in [0.5, 0.6) is 0 Å². The van der Waals surface area contributed by atoms with E-state index in [4.69, 9.17) is 14.7 Å². The molecule has 1 aliphatic rings. The van der Waals surface area contributed by atoms with Crippen LogP contribution in [0.3, 0.4) is 0 Å². The van der Waals surface area contributed by atoms with Crippen molar-refractivity contribution < 1.29 is 9.47 Å². The van der Waals surface area contributed by atoms with Gasteiger partial charge in [0, 0.05) is 6.61 Å². The molecule has 0 saturated heterocycles. The van der Waals surface area contributed by atoms with Gasteiger partial charge in [0.1, 0.15) is 0 Å². The zero-order chi connectivity index (χ0) is 11.1. The van der Waals surface area contributed by atoms with Crippen molar-refractivity contribution in [3.05, 3.63) is 0 Å². The van der Waals surface area contributed by atoms with E-state index in [1.807, 2.05) is 6.92 Å². The highest BCUT2D eigenvalue weighted by atomic mass is 16.5. The third kappa shape index (κ3) is 4.19. The second-order valence-corrected chi connectivity index (χ2v) is 4.26. The first-order chi connectivity index (χ1) is 7.27. The second-order valence-electron chi connectivity index (χ2n) is 4.26. The monoisotopic (exact) mass is 211 g/mol. The van der Waals surface area contributed by atoms with Crippen LogP contribution >= 0.6 is 0 Å². The SMILES string of the molecule is CCOCCOC1CC(C)CCC1C#N. The molecule has 86 valence electrons. The van der Waals surface area contributed by atoms with Gasteiger partial charge in [0.05, 0.1) is 31.3 Å². The van der Waals surface area contributed by atoms with Gasteiger partial charge in [0.25, 0.3) is 0 Å². The molecule has 0 radical (unpaired) electrons. The second kappa shape index (κ2) is 6.81. The molecule has 0 amide bonds. The van der Waals surface area contributed by atoms with Crippen molar-refractivity contribution in [1.82, 2.24) is 0 Å². The Morgan fingerprint density at radius 2 is 2.13 bits per heavy atom. The van der Waals surface area contributed by atoms with Crippen molar-refractivity contribution in [2.24, 2.45) is 11.8 Å². The minimum atomic E-state index is 0.0860. The first kappa shape index (κ1) is 12.5. The molecule has 3 nitrogen and oxygen atoms in total. The summed E-state index contributed by atoms with van der Waals surface area (Å²) < 4.78 is 10.9. The Kier molecular flexibility index (Phi) is 5.67. The third-order valence-corrected chi connectivity index (χ3v) is 2.98. The van der Waals surface area contributed by atoms with Crippen LogP contribution in [0.15, 0.2) is 0 Å². The fraction of sp³-hybridized carbons (Fsp3) is 0.917. The maximum atomic E-state index is 8.99. The molecule has 0 heterocycles. The molecule has 15 heavy (non-hydrogen) atoms. The average Bonchev–Trinajstić information content (AvgIpc) is 2.25. The van der Waals surface area contributed by atoms with Gasteiger partial charge in [0.15, 0.2) is 0 Å². The van der Waals surface area contributed by atoms with Crippen molar-refractivity contribution in [3.8, 4) is 6.07 Å². The van der Waals surface area contributed by atoms with Gasteiger partial charge in [-0.25, -0.2) is 0 Å². The van der Waals surface area contributed by atoms with Gasteiger partial charge in [-0.2, -0.15) is 5.26 Å². The Bertz CT molecular complexity index is 212. The van der Waals surface area contributed by atoms with Crippen molar-refractivity contribution in [2.45, 2.75) is 39.2 Å². The summed E-state index contributed by atoms with van der Waals surface area (Å²) in [5.41, 5.74) is 0. The lowest BCUT2D eigenvalue weighted by Gasteiger charge is -2.30. The van der Waals surface area contributed by atoms with Crippen LogP contribution < -0.4 is 0 Å². The third-order valence-electron chi connectivity index (χ3n) is 2.98. The first-order valence-corrected chi connectivity index (χ1v) is 5.86. The number of rotatable bonds is 5. The fourth-order valence-electron chi connectivity index (χ4n) is 2.06. The maximum absolute atomic E-state index is 8.99. The largest absolute Gasteiger partial charge is 0.379 e. The van der Waals surface area contributed by atoms with E-state index in [0.29, 0.717) is 19.1 Å². The first-order valence-electron chi connectivity index (χ1n) is 5.86. The summed E-state index contributed by atoms with van der Waals surface area (Å²) in [7, 11) is 0. The van der Waals surface area contributed by atoms with Gasteiger partial charge in [-0.1, -0.05) is 6.92 Å². The topological polar surface area (TPSA) is 42.2 Å². The highest BCUT2D eigenvalue weighted by molar-refractivity contribution is 4.93. The summed E-state index contributed by atoms with van der Waals surface area (Å²) in [5, 5.41) is 8.99. The lowest BCUT2D eigenvalue weighted by atomic mass is 9.81. The Morgan fingerprint density at radius 1 is 1.33 bits per heavy atom. The average molecular weight is 211 g/mol. The Labute approximate surface area is 92.4 Å². The van der Waals surface area contributed by atoms with Crippen molar-refractivity contribution in [2.75, 3.05) is 19.8 Å². The predicted molar refractivity (Wildman–Crippen MR) is 58.4 cm³/mol. The van der Waals surface area contributed by atoms with Crippen LogP contribution in [0.1, 0.15) is 33.1 Å². The van der Waals surface area contributed by atoms with E-state index in [0.717, 1.165) is 25.9 Å². The molecule has 0 N–H and O–H groups in total. The molecule has 1 rings (SSSR count). The number of nitriles is 1. The number of nitrogens with zero attached hydrogens (tertiary/aromatic N) is 1. The highest BCUT2D eigenvalue weighted by Gasteiger charge is 2.29. The lowest BCUT2D eigenvalue weighted by Crippen LogP contribution is -2.31. The summed E-state index contributed by atoms with van der Waals surface area (Å²) in [4.78, 5) is 0. The summed E-state index contributed by atoms with van der Waals surface area (Å²) in [6, 6.07) is 2.35. The predicted octanol–water partition coefficient (Wildman–Crippen LogP) is 2.37. The summed E-state index contributed by atoms with van der Waals surface area (Å²) in [6.45, 7) is 6.18. The zero-order valence-corrected chi connectivity index (χ0v) is 9.74. The summed E-state index contributed by atoms with van der Waals surface area (Å²) in [5.74, 6) is 0.773. The minimum Gasteiger partial charge on any atom is -0.379 e. The Balaban J connectivity index is 2.26. The molecule has 0 aromatic rings. The van der Waals surface area contributed by atoms with Crippen molar-refractivity contribution in [1.29, 1.82) is 5.26 Å². The van der Waals surface area contributed by atoms with Gasteiger partial charge < -0.3 is 9.47 Å². The van der Waals surface area contributed by atoms with E-state index in [1.54, 1.807) is 0 Å². The molecular formula is C12H21NO2. The van der Waals surface area contributed by atoms with E-state index < -0.39 is 0 Å². The quantitative estimate of drug-likeness (QED) is 0.656. The van der Waals surface area contributed by atoms with Crippen LogP contribution in [-0.4, -0.2) is 25.9 Å². The lowest BCUT2D eigenvalue weighted by molar-refractivity contribution is -0.0330. The zero-order valence-electron chi connectivity index (χ0n) is 9.74. The van der Waals surface area contributed by atoms with E-state index in [1.165, 1.54) is 0 Å². The summed E-state index contributed by atoms with van der Waals surface area (Å²) in [6.07, 6.45) is 3.28. The van der Waals surface area contributed by atoms with Gasteiger partial charge in [0.2, 0.25) is 0 Å². The van der Waals surface area contributed by atoms with Crippen LogP contribution in [0, 0.1) is 23.2 Å². The number of ether oxygens (including phenoxy) is 2. The molecule has 0 aromatic carbocycles. The molecule has 0 bridgehead atoms. The molecule has 3 atom stereocenters. The van der Waals surface area contributed by atoms with Crippen LogP contribution in [0.25, 0.3) is 0 Å². The molecule has 0 aliphatic heterocycles. The molecule has 1 saturated carbocycles. The highest BCUT2D eigenvalue weighted by Crippen LogP contribution is 2.30. The summed E-state index contributed by atoms with van der Waals surface area (Å²) >= 11 is 0. The van der Waals surface area contributed by atoms with Crippen LogP contribution in [0.2, 0.25) is 0 Å². The van der Waals surface area contributed by atoms with E-state index in [-0.39, 0.29) is 12.0 Å². The van der Waals surface area contributed by atoms with Crippen molar-refractivity contribution in [3.63, 3.8) is 0 Å². The molecular weight excluding hydrogens is 190 g/mol.